The van der Waals surface area contributed by atoms with Gasteiger partial charge in [0.25, 0.3) is 0 Å². The zero-order valence-corrected chi connectivity index (χ0v) is 11.8. The summed E-state index contributed by atoms with van der Waals surface area (Å²) < 4.78 is 0. The number of carboxylic acids is 1. The van der Waals surface area contributed by atoms with Crippen LogP contribution in [0.3, 0.4) is 0 Å². The fourth-order valence-electron chi connectivity index (χ4n) is 1.51. The molecule has 0 spiro atoms. The molecule has 0 amide bonds. The summed E-state index contributed by atoms with van der Waals surface area (Å²) in [4.78, 5) is 15.1. The number of pyridine rings is 1. The first-order chi connectivity index (χ1) is 7.68. The second kappa shape index (κ2) is 5.96. The van der Waals surface area contributed by atoms with Crippen molar-refractivity contribution in [1.82, 2.24) is 4.98 Å². The Hall–Kier alpha value is -1.16. The van der Waals surface area contributed by atoms with Gasteiger partial charge < -0.3 is 9.90 Å². The zero-order valence-electron chi connectivity index (χ0n) is 9.81. The number of carbonyl (C=O) groups excluding carboxylic acids is 1. The SMILES string of the molecule is Cc1ccc(-c2ccccc2C(=O)[O-])nc1.[Na+]. The second-order valence-corrected chi connectivity index (χ2v) is 3.55. The number of hydrogen-bond donors (Lipinski definition) is 0. The van der Waals surface area contributed by atoms with Crippen LogP contribution in [-0.4, -0.2) is 11.0 Å². The van der Waals surface area contributed by atoms with Gasteiger partial charge in [-0.2, -0.15) is 0 Å². The number of aryl methyl sites for hydroxylation is 1. The molecule has 0 atom stereocenters. The van der Waals surface area contributed by atoms with Crippen molar-refractivity contribution in [2.75, 3.05) is 0 Å². The molecular formula is C13H10NNaO2. The van der Waals surface area contributed by atoms with Crippen LogP contribution in [-0.2, 0) is 0 Å². The van der Waals surface area contributed by atoms with Crippen LogP contribution in [0.1, 0.15) is 15.9 Å². The molecule has 0 saturated carbocycles. The van der Waals surface area contributed by atoms with Crippen LogP contribution in [0.2, 0.25) is 0 Å². The Morgan fingerprint density at radius 3 is 2.47 bits per heavy atom. The van der Waals surface area contributed by atoms with Crippen LogP contribution < -0.4 is 34.7 Å². The molecule has 1 aromatic heterocycles. The Morgan fingerprint density at radius 1 is 1.18 bits per heavy atom. The molecule has 1 heterocycles. The molecule has 2 rings (SSSR count). The molecule has 0 bridgehead atoms. The predicted octanol–water partition coefficient (Wildman–Crippen LogP) is -1.58. The van der Waals surface area contributed by atoms with E-state index in [4.69, 9.17) is 0 Å². The van der Waals surface area contributed by atoms with Crippen LogP contribution in [0.5, 0.6) is 0 Å². The summed E-state index contributed by atoms with van der Waals surface area (Å²) in [6.07, 6.45) is 1.71. The number of nitrogens with zero attached hydrogens (tertiary/aromatic N) is 1. The number of aromatic carboxylic acids is 1. The third kappa shape index (κ3) is 3.16. The maximum Gasteiger partial charge on any atom is 1.00 e. The average molecular weight is 235 g/mol. The molecule has 0 aliphatic rings. The van der Waals surface area contributed by atoms with Crippen LogP contribution in [0.4, 0.5) is 0 Å². The Balaban J connectivity index is 0.00000144. The number of rotatable bonds is 2. The molecular weight excluding hydrogens is 225 g/mol. The minimum Gasteiger partial charge on any atom is -0.545 e. The number of aromatic nitrogens is 1. The van der Waals surface area contributed by atoms with E-state index in [1.807, 2.05) is 13.0 Å². The van der Waals surface area contributed by atoms with Crippen molar-refractivity contribution in [3.63, 3.8) is 0 Å². The summed E-state index contributed by atoms with van der Waals surface area (Å²) in [5.74, 6) is -1.18. The van der Waals surface area contributed by atoms with Gasteiger partial charge in [-0.15, -0.1) is 0 Å². The number of benzene rings is 1. The maximum absolute atomic E-state index is 10.9. The van der Waals surface area contributed by atoms with E-state index in [0.717, 1.165) is 5.56 Å². The van der Waals surface area contributed by atoms with Gasteiger partial charge >= 0.3 is 29.6 Å². The summed E-state index contributed by atoms with van der Waals surface area (Å²) in [6, 6.07) is 10.4. The molecule has 0 aliphatic carbocycles. The summed E-state index contributed by atoms with van der Waals surface area (Å²) in [5.41, 5.74) is 2.43. The van der Waals surface area contributed by atoms with Crippen molar-refractivity contribution in [3.8, 4) is 11.3 Å². The van der Waals surface area contributed by atoms with Gasteiger partial charge in [0.1, 0.15) is 0 Å². The Kier molecular flexibility index (Phi) is 4.87. The predicted molar refractivity (Wildman–Crippen MR) is 58.7 cm³/mol. The van der Waals surface area contributed by atoms with Gasteiger partial charge in [0.15, 0.2) is 0 Å². The molecule has 0 saturated heterocycles. The first kappa shape index (κ1) is 13.9. The fraction of sp³-hybridized carbons (Fsp3) is 0.0769. The van der Waals surface area contributed by atoms with E-state index in [-0.39, 0.29) is 35.1 Å². The van der Waals surface area contributed by atoms with Crippen molar-refractivity contribution in [2.45, 2.75) is 6.92 Å². The molecule has 0 radical (unpaired) electrons. The standard InChI is InChI=1S/C13H11NO2.Na/c1-9-6-7-12(14-8-9)10-4-2-3-5-11(10)13(15)16;/h2-8H,1H3,(H,15,16);/q;+1/p-1. The van der Waals surface area contributed by atoms with E-state index < -0.39 is 5.97 Å². The van der Waals surface area contributed by atoms with Gasteiger partial charge in [0.2, 0.25) is 0 Å². The quantitative estimate of drug-likeness (QED) is 0.591. The number of carboxylic acid groups (broad SMARTS) is 1. The molecule has 0 N–H and O–H groups in total. The molecule has 0 fully saturated rings. The van der Waals surface area contributed by atoms with Gasteiger partial charge in [0, 0.05) is 17.3 Å². The molecule has 0 aliphatic heterocycles. The summed E-state index contributed by atoms with van der Waals surface area (Å²) in [6.45, 7) is 1.93. The molecule has 2 aromatic rings. The minimum absolute atomic E-state index is 0. The summed E-state index contributed by atoms with van der Waals surface area (Å²) in [7, 11) is 0. The Bertz CT molecular complexity index is 523. The van der Waals surface area contributed by atoms with Crippen LogP contribution >= 0.6 is 0 Å². The van der Waals surface area contributed by atoms with Crippen molar-refractivity contribution < 1.29 is 39.5 Å². The normalized spacial score (nSPS) is 9.47. The third-order valence-electron chi connectivity index (χ3n) is 2.33. The molecule has 4 heteroatoms. The van der Waals surface area contributed by atoms with E-state index >= 15 is 0 Å². The molecule has 0 unspecified atom stereocenters. The molecule has 3 nitrogen and oxygen atoms in total. The summed E-state index contributed by atoms with van der Waals surface area (Å²) >= 11 is 0. The smallest absolute Gasteiger partial charge is 0.545 e. The first-order valence-electron chi connectivity index (χ1n) is 4.92. The second-order valence-electron chi connectivity index (χ2n) is 3.55. The van der Waals surface area contributed by atoms with E-state index in [9.17, 15) is 9.90 Å². The number of carbonyl (C=O) groups is 1. The van der Waals surface area contributed by atoms with Crippen molar-refractivity contribution >= 4 is 5.97 Å². The largest absolute Gasteiger partial charge is 1.00 e. The van der Waals surface area contributed by atoms with Crippen molar-refractivity contribution in [2.24, 2.45) is 0 Å². The minimum atomic E-state index is -1.18. The monoisotopic (exact) mass is 235 g/mol. The van der Waals surface area contributed by atoms with Crippen LogP contribution in [0.25, 0.3) is 11.3 Å². The average Bonchev–Trinajstić information content (AvgIpc) is 2.30. The van der Waals surface area contributed by atoms with Crippen molar-refractivity contribution in [1.29, 1.82) is 0 Å². The molecule has 17 heavy (non-hydrogen) atoms. The third-order valence-corrected chi connectivity index (χ3v) is 2.33. The van der Waals surface area contributed by atoms with Gasteiger partial charge in [-0.25, -0.2) is 0 Å². The Morgan fingerprint density at radius 2 is 1.88 bits per heavy atom. The first-order valence-corrected chi connectivity index (χ1v) is 4.92. The van der Waals surface area contributed by atoms with Crippen molar-refractivity contribution in [3.05, 3.63) is 53.7 Å². The van der Waals surface area contributed by atoms with Gasteiger partial charge in [-0.1, -0.05) is 30.3 Å². The maximum atomic E-state index is 10.9. The van der Waals surface area contributed by atoms with Crippen LogP contribution in [0.15, 0.2) is 42.6 Å². The zero-order chi connectivity index (χ0) is 11.5. The fourth-order valence-corrected chi connectivity index (χ4v) is 1.51. The van der Waals surface area contributed by atoms with E-state index in [2.05, 4.69) is 4.98 Å². The van der Waals surface area contributed by atoms with Gasteiger partial charge in [0.05, 0.1) is 11.7 Å². The van der Waals surface area contributed by atoms with Gasteiger partial charge in [-0.05, 0) is 18.6 Å². The molecule has 80 valence electrons. The van der Waals surface area contributed by atoms with Gasteiger partial charge in [-0.3, -0.25) is 4.98 Å². The van der Waals surface area contributed by atoms with E-state index in [1.54, 1.807) is 30.5 Å². The topological polar surface area (TPSA) is 53.0 Å². The number of hydrogen-bond acceptors (Lipinski definition) is 3. The van der Waals surface area contributed by atoms with E-state index in [0.29, 0.717) is 11.3 Å². The van der Waals surface area contributed by atoms with E-state index in [1.165, 1.54) is 6.07 Å². The molecule has 1 aromatic carbocycles. The summed E-state index contributed by atoms with van der Waals surface area (Å²) in [5, 5.41) is 10.9. The van der Waals surface area contributed by atoms with Crippen LogP contribution in [0, 0.1) is 6.92 Å². The Labute approximate surface area is 122 Å².